The Balaban J connectivity index is 1.59. The number of rotatable bonds is 9. The highest BCUT2D eigenvalue weighted by atomic mass is 16.5. The zero-order chi connectivity index (χ0) is 24.3. The van der Waals surface area contributed by atoms with E-state index in [1.165, 1.54) is 27.5 Å². The zero-order valence-corrected chi connectivity index (χ0v) is 19.0. The largest absolute Gasteiger partial charge is 0.497 e. The Morgan fingerprint density at radius 2 is 1.56 bits per heavy atom. The van der Waals surface area contributed by atoms with Crippen LogP contribution < -0.4 is 29.7 Å². The van der Waals surface area contributed by atoms with E-state index in [1.807, 2.05) is 30.3 Å². The van der Waals surface area contributed by atoms with Crippen molar-refractivity contribution >= 4 is 23.7 Å². The third-order valence-corrected chi connectivity index (χ3v) is 4.67. The van der Waals surface area contributed by atoms with Crippen molar-refractivity contribution in [2.75, 3.05) is 26.6 Å². The third-order valence-electron chi connectivity index (χ3n) is 4.67. The molecular weight excluding hydrogens is 438 g/mol. The first-order valence-corrected chi connectivity index (χ1v) is 10.2. The first-order valence-electron chi connectivity index (χ1n) is 10.2. The van der Waals surface area contributed by atoms with Crippen molar-refractivity contribution in [1.82, 2.24) is 5.43 Å². The highest BCUT2D eigenvalue weighted by molar-refractivity contribution is 6.39. The molecule has 0 radical (unpaired) electrons. The number of nitrogens with one attached hydrogen (secondary N) is 2. The van der Waals surface area contributed by atoms with Crippen LogP contribution in [0.3, 0.4) is 0 Å². The Morgan fingerprint density at radius 3 is 2.26 bits per heavy atom. The van der Waals surface area contributed by atoms with Gasteiger partial charge in [-0.3, -0.25) is 9.59 Å². The van der Waals surface area contributed by atoms with E-state index in [2.05, 4.69) is 15.8 Å². The van der Waals surface area contributed by atoms with E-state index < -0.39 is 11.8 Å². The summed E-state index contributed by atoms with van der Waals surface area (Å²) in [5.41, 5.74) is 4.15. The minimum Gasteiger partial charge on any atom is -0.497 e. The molecule has 0 fully saturated rings. The molecule has 2 amide bonds. The van der Waals surface area contributed by atoms with Gasteiger partial charge in [0.25, 0.3) is 0 Å². The summed E-state index contributed by atoms with van der Waals surface area (Å²) in [4.78, 5) is 24.4. The molecule has 3 aromatic rings. The number of anilines is 1. The number of amides is 2. The molecule has 0 saturated heterocycles. The summed E-state index contributed by atoms with van der Waals surface area (Å²) in [7, 11) is 4.48. The van der Waals surface area contributed by atoms with Crippen molar-refractivity contribution < 1.29 is 28.5 Å². The smallest absolute Gasteiger partial charge is 0.329 e. The maximum absolute atomic E-state index is 12.2. The number of ether oxygens (including phenoxy) is 4. The lowest BCUT2D eigenvalue weighted by molar-refractivity contribution is -0.136. The number of hydrogen-bond acceptors (Lipinski definition) is 7. The molecule has 3 rings (SSSR count). The molecular formula is C25H25N3O6. The summed E-state index contributed by atoms with van der Waals surface area (Å²) in [5, 5.41) is 6.31. The monoisotopic (exact) mass is 463 g/mol. The fourth-order valence-electron chi connectivity index (χ4n) is 2.93. The van der Waals surface area contributed by atoms with Crippen LogP contribution in [0, 0.1) is 0 Å². The van der Waals surface area contributed by atoms with Gasteiger partial charge < -0.3 is 24.3 Å². The number of carbonyl (C=O) groups excluding carboxylic acids is 2. The van der Waals surface area contributed by atoms with E-state index in [0.717, 1.165) is 5.56 Å². The lowest BCUT2D eigenvalue weighted by Gasteiger charge is -2.11. The second-order valence-electron chi connectivity index (χ2n) is 6.90. The Bertz CT molecular complexity index is 1160. The van der Waals surface area contributed by atoms with E-state index in [9.17, 15) is 9.59 Å². The lowest BCUT2D eigenvalue weighted by Crippen LogP contribution is -2.32. The number of hydrazone groups is 1. The van der Waals surface area contributed by atoms with E-state index in [-0.39, 0.29) is 0 Å². The Hall–Kier alpha value is -4.53. The maximum atomic E-state index is 12.2. The Kier molecular flexibility index (Phi) is 8.45. The average molecular weight is 463 g/mol. The summed E-state index contributed by atoms with van der Waals surface area (Å²) in [6.07, 6.45) is 1.39. The minimum atomic E-state index is -0.948. The van der Waals surface area contributed by atoms with Crippen molar-refractivity contribution in [3.63, 3.8) is 0 Å². The number of carbonyl (C=O) groups is 2. The van der Waals surface area contributed by atoms with Gasteiger partial charge in [-0.15, -0.1) is 0 Å². The molecule has 9 heteroatoms. The molecule has 9 nitrogen and oxygen atoms in total. The van der Waals surface area contributed by atoms with Gasteiger partial charge in [0.1, 0.15) is 18.1 Å². The van der Waals surface area contributed by atoms with Crippen LogP contribution in [-0.4, -0.2) is 39.4 Å². The Labute approximate surface area is 197 Å². The summed E-state index contributed by atoms with van der Waals surface area (Å²) >= 11 is 0. The van der Waals surface area contributed by atoms with Crippen LogP contribution in [0.1, 0.15) is 11.1 Å². The first kappa shape index (κ1) is 24.1. The van der Waals surface area contributed by atoms with E-state index in [4.69, 9.17) is 18.9 Å². The summed E-state index contributed by atoms with van der Waals surface area (Å²) < 4.78 is 21.5. The molecule has 0 unspecified atom stereocenters. The molecule has 0 saturated carbocycles. The van der Waals surface area contributed by atoms with Gasteiger partial charge in [-0.2, -0.15) is 5.10 Å². The minimum absolute atomic E-state index is 0.293. The van der Waals surface area contributed by atoms with E-state index >= 15 is 0 Å². The molecule has 3 aromatic carbocycles. The third kappa shape index (κ3) is 6.49. The van der Waals surface area contributed by atoms with Gasteiger partial charge in [0.15, 0.2) is 11.5 Å². The van der Waals surface area contributed by atoms with Gasteiger partial charge >= 0.3 is 11.8 Å². The number of nitrogens with zero attached hydrogens (tertiary/aromatic N) is 1. The van der Waals surface area contributed by atoms with Crippen LogP contribution in [0.25, 0.3) is 0 Å². The van der Waals surface area contributed by atoms with Gasteiger partial charge in [0.05, 0.1) is 33.2 Å². The summed E-state index contributed by atoms with van der Waals surface area (Å²) in [6, 6.07) is 19.8. The molecule has 34 heavy (non-hydrogen) atoms. The molecule has 0 spiro atoms. The maximum Gasteiger partial charge on any atom is 0.329 e. The summed E-state index contributed by atoms with van der Waals surface area (Å²) in [6.45, 7) is 0.397. The van der Waals surface area contributed by atoms with Crippen LogP contribution in [0.15, 0.2) is 71.8 Å². The molecule has 0 heterocycles. The number of methoxy groups -OCH3 is 3. The fourth-order valence-corrected chi connectivity index (χ4v) is 2.93. The zero-order valence-electron chi connectivity index (χ0n) is 19.0. The second kappa shape index (κ2) is 11.9. The Morgan fingerprint density at radius 1 is 0.824 bits per heavy atom. The van der Waals surface area contributed by atoms with Gasteiger partial charge in [0.2, 0.25) is 0 Å². The van der Waals surface area contributed by atoms with Crippen LogP contribution in [0.2, 0.25) is 0 Å². The van der Waals surface area contributed by atoms with Crippen molar-refractivity contribution in [3.8, 4) is 23.0 Å². The highest BCUT2D eigenvalue weighted by Gasteiger charge is 2.16. The van der Waals surface area contributed by atoms with Gasteiger partial charge in [-0.05, 0) is 41.5 Å². The fraction of sp³-hybridized carbons (Fsp3) is 0.160. The molecule has 0 aromatic heterocycles. The van der Waals surface area contributed by atoms with Gasteiger partial charge in [-0.1, -0.05) is 30.3 Å². The second-order valence-corrected chi connectivity index (χ2v) is 6.90. The predicted octanol–water partition coefficient (Wildman–Crippen LogP) is 3.38. The van der Waals surface area contributed by atoms with Crippen molar-refractivity contribution in [2.45, 2.75) is 6.61 Å². The molecule has 0 atom stereocenters. The van der Waals surface area contributed by atoms with Crippen LogP contribution in [-0.2, 0) is 16.2 Å². The molecule has 2 N–H and O–H groups in total. The summed E-state index contributed by atoms with van der Waals surface area (Å²) in [5.74, 6) is 0.0989. The van der Waals surface area contributed by atoms with Crippen LogP contribution in [0.5, 0.6) is 23.0 Å². The quantitative estimate of drug-likeness (QED) is 0.286. The number of benzene rings is 3. The highest BCUT2D eigenvalue weighted by Crippen LogP contribution is 2.29. The van der Waals surface area contributed by atoms with Crippen LogP contribution in [0.4, 0.5) is 5.69 Å². The van der Waals surface area contributed by atoms with E-state index in [1.54, 1.807) is 36.4 Å². The topological polar surface area (TPSA) is 107 Å². The first-order chi connectivity index (χ1) is 16.5. The molecule has 0 aliphatic heterocycles. The normalized spacial score (nSPS) is 10.4. The van der Waals surface area contributed by atoms with E-state index in [0.29, 0.717) is 40.9 Å². The van der Waals surface area contributed by atoms with Gasteiger partial charge in [0, 0.05) is 6.07 Å². The SMILES string of the molecule is COc1ccc(OC)c(NC(=O)C(=O)N/N=C\c2ccc(OCc3ccccc3)c(OC)c2)c1. The van der Waals surface area contributed by atoms with Crippen molar-refractivity contribution in [1.29, 1.82) is 0 Å². The molecule has 0 bridgehead atoms. The van der Waals surface area contributed by atoms with Gasteiger partial charge in [-0.25, -0.2) is 5.43 Å². The van der Waals surface area contributed by atoms with Crippen molar-refractivity contribution in [2.24, 2.45) is 5.10 Å². The molecule has 0 aliphatic rings. The predicted molar refractivity (Wildman–Crippen MR) is 128 cm³/mol. The lowest BCUT2D eigenvalue weighted by atomic mass is 10.2. The average Bonchev–Trinajstić information content (AvgIpc) is 2.88. The molecule has 0 aliphatic carbocycles. The number of hydrogen-bond donors (Lipinski definition) is 2. The molecule has 176 valence electrons. The standard InChI is InChI=1S/C25H25N3O6/c1-31-19-10-12-21(32-2)20(14-19)27-24(29)25(30)28-26-15-18-9-11-22(23(13-18)33-3)34-16-17-7-5-4-6-8-17/h4-15H,16H2,1-3H3,(H,27,29)(H,28,30)/b26-15-. The van der Waals surface area contributed by atoms with Crippen molar-refractivity contribution in [3.05, 3.63) is 77.9 Å². The van der Waals surface area contributed by atoms with Crippen LogP contribution >= 0.6 is 0 Å².